The molecule has 0 saturated carbocycles. The van der Waals surface area contributed by atoms with Crippen molar-refractivity contribution < 1.29 is 5.11 Å². The smallest absolute Gasteiger partial charge is 0.0776 e. The molecule has 0 radical (unpaired) electrons. The van der Waals surface area contributed by atoms with Crippen molar-refractivity contribution in [2.24, 2.45) is 0 Å². The molecule has 18 heavy (non-hydrogen) atoms. The zero-order valence-electron chi connectivity index (χ0n) is 10.6. The number of benzene rings is 1. The molecule has 0 fully saturated rings. The molecule has 94 valence electrons. The lowest BCUT2D eigenvalue weighted by molar-refractivity contribution is 0.0526. The molecule has 1 N–H and O–H groups in total. The molecule has 0 unspecified atom stereocenters. The van der Waals surface area contributed by atoms with E-state index in [9.17, 15) is 5.11 Å². The second-order valence-corrected chi connectivity index (χ2v) is 6.50. The topological polar surface area (TPSA) is 20.2 Å². The van der Waals surface area contributed by atoms with Crippen molar-refractivity contribution in [2.45, 2.75) is 38.2 Å². The monoisotopic (exact) mass is 258 g/mol. The first-order valence-electron chi connectivity index (χ1n) is 6.55. The van der Waals surface area contributed by atoms with Crippen LogP contribution in [0, 0.1) is 0 Å². The Labute approximate surface area is 112 Å². The fourth-order valence-corrected chi connectivity index (χ4v) is 3.92. The maximum absolute atomic E-state index is 10.8. The van der Waals surface area contributed by atoms with E-state index in [0.717, 1.165) is 25.7 Å². The van der Waals surface area contributed by atoms with E-state index < -0.39 is 5.60 Å². The molecule has 0 spiro atoms. The van der Waals surface area contributed by atoms with Crippen molar-refractivity contribution in [2.75, 3.05) is 0 Å². The Hall–Kier alpha value is -1.12. The van der Waals surface area contributed by atoms with E-state index in [1.807, 2.05) is 11.3 Å². The highest BCUT2D eigenvalue weighted by Gasteiger charge is 2.35. The van der Waals surface area contributed by atoms with E-state index in [1.54, 1.807) is 0 Å². The quantitative estimate of drug-likeness (QED) is 0.895. The normalized spacial score (nSPS) is 16.8. The minimum atomic E-state index is -0.570. The second-order valence-electron chi connectivity index (χ2n) is 5.24. The summed E-state index contributed by atoms with van der Waals surface area (Å²) < 4.78 is 0. The molecule has 1 nitrogen and oxygen atoms in total. The molecule has 1 aromatic heterocycles. The molecule has 0 amide bonds. The molecular formula is C16H18OS. The number of fused-ring (bicyclic) bond motifs is 1. The van der Waals surface area contributed by atoms with E-state index in [4.69, 9.17) is 0 Å². The number of hydrogen-bond acceptors (Lipinski definition) is 2. The summed E-state index contributed by atoms with van der Waals surface area (Å²) in [5.41, 5.74) is 2.05. The third-order valence-electron chi connectivity index (χ3n) is 3.73. The van der Waals surface area contributed by atoms with Gasteiger partial charge in [-0.15, -0.1) is 11.3 Å². The Bertz CT molecular complexity index is 531. The van der Waals surface area contributed by atoms with Crippen LogP contribution in [0.2, 0.25) is 0 Å². The van der Waals surface area contributed by atoms with Gasteiger partial charge in [-0.25, -0.2) is 0 Å². The highest BCUT2D eigenvalue weighted by molar-refractivity contribution is 7.12. The van der Waals surface area contributed by atoms with Gasteiger partial charge >= 0.3 is 0 Å². The summed E-state index contributed by atoms with van der Waals surface area (Å²) in [7, 11) is 0. The third kappa shape index (κ3) is 2.23. The van der Waals surface area contributed by atoms with Gasteiger partial charge in [0.25, 0.3) is 0 Å². The Kier molecular flexibility index (Phi) is 3.00. The molecule has 1 heterocycles. The summed E-state index contributed by atoms with van der Waals surface area (Å²) in [6.07, 6.45) is 3.46. The highest BCUT2D eigenvalue weighted by Crippen LogP contribution is 2.34. The van der Waals surface area contributed by atoms with Crippen molar-refractivity contribution in [1.29, 1.82) is 0 Å². The predicted molar refractivity (Wildman–Crippen MR) is 76.2 cm³/mol. The molecule has 1 aromatic carbocycles. The summed E-state index contributed by atoms with van der Waals surface area (Å²) in [4.78, 5) is 2.71. The van der Waals surface area contributed by atoms with E-state index in [-0.39, 0.29) is 0 Å². The van der Waals surface area contributed by atoms with Crippen LogP contribution >= 0.6 is 11.3 Å². The Morgan fingerprint density at radius 1 is 1.06 bits per heavy atom. The number of thiophene rings is 1. The number of hydrogen-bond donors (Lipinski definition) is 1. The van der Waals surface area contributed by atoms with Crippen LogP contribution < -0.4 is 0 Å². The van der Waals surface area contributed by atoms with E-state index in [0.29, 0.717) is 0 Å². The lowest BCUT2D eigenvalue weighted by Gasteiger charge is -2.21. The van der Waals surface area contributed by atoms with Gasteiger partial charge in [-0.2, -0.15) is 0 Å². The van der Waals surface area contributed by atoms with Gasteiger partial charge in [-0.1, -0.05) is 31.2 Å². The molecule has 0 saturated heterocycles. The zero-order chi connectivity index (χ0) is 12.6. The van der Waals surface area contributed by atoms with Crippen LogP contribution in [0.3, 0.4) is 0 Å². The van der Waals surface area contributed by atoms with Gasteiger partial charge < -0.3 is 5.11 Å². The van der Waals surface area contributed by atoms with E-state index in [2.05, 4.69) is 43.3 Å². The van der Waals surface area contributed by atoms with Crippen LogP contribution in [0.25, 0.3) is 0 Å². The van der Waals surface area contributed by atoms with Crippen molar-refractivity contribution in [3.8, 4) is 0 Å². The van der Waals surface area contributed by atoms with Crippen molar-refractivity contribution in [3.63, 3.8) is 0 Å². The zero-order valence-corrected chi connectivity index (χ0v) is 11.5. The highest BCUT2D eigenvalue weighted by atomic mass is 32.1. The average Bonchev–Trinajstić information content (AvgIpc) is 2.91. The number of rotatable bonds is 3. The average molecular weight is 258 g/mol. The van der Waals surface area contributed by atoms with Crippen molar-refractivity contribution in [3.05, 3.63) is 57.3 Å². The number of aryl methyl sites for hydroxylation is 1. The van der Waals surface area contributed by atoms with Crippen LogP contribution in [-0.2, 0) is 25.7 Å². The summed E-state index contributed by atoms with van der Waals surface area (Å²) in [6, 6.07) is 12.8. The summed E-state index contributed by atoms with van der Waals surface area (Å²) in [5, 5.41) is 10.8. The van der Waals surface area contributed by atoms with Crippen molar-refractivity contribution >= 4 is 11.3 Å². The van der Waals surface area contributed by atoms with Gasteiger partial charge in [0.05, 0.1) is 5.60 Å². The van der Waals surface area contributed by atoms with Gasteiger partial charge in [-0.3, -0.25) is 0 Å². The fourth-order valence-electron chi connectivity index (χ4n) is 2.83. The van der Waals surface area contributed by atoms with Gasteiger partial charge in [0, 0.05) is 29.0 Å². The maximum atomic E-state index is 10.8. The first-order valence-corrected chi connectivity index (χ1v) is 7.37. The minimum Gasteiger partial charge on any atom is -0.389 e. The standard InChI is InChI=1S/C16H18OS/c1-2-14-7-8-15(18-14)11-16(17)9-12-5-3-4-6-13(12)10-16/h3-8,17H,2,9-11H2,1H3. The van der Waals surface area contributed by atoms with Gasteiger partial charge in [-0.05, 0) is 29.7 Å². The van der Waals surface area contributed by atoms with Gasteiger partial charge in [0.1, 0.15) is 0 Å². The number of aliphatic hydroxyl groups is 1. The molecule has 1 aliphatic carbocycles. The minimum absolute atomic E-state index is 0.570. The Morgan fingerprint density at radius 3 is 2.22 bits per heavy atom. The maximum Gasteiger partial charge on any atom is 0.0776 e. The lowest BCUT2D eigenvalue weighted by atomic mass is 9.95. The summed E-state index contributed by atoms with van der Waals surface area (Å²) in [5.74, 6) is 0. The van der Waals surface area contributed by atoms with Crippen LogP contribution in [0.15, 0.2) is 36.4 Å². The molecular weight excluding hydrogens is 240 g/mol. The molecule has 3 rings (SSSR count). The van der Waals surface area contributed by atoms with Gasteiger partial charge in [0.15, 0.2) is 0 Å². The first-order chi connectivity index (χ1) is 8.68. The third-order valence-corrected chi connectivity index (χ3v) is 4.96. The van der Waals surface area contributed by atoms with E-state index in [1.165, 1.54) is 20.9 Å². The SMILES string of the molecule is CCc1ccc(CC2(O)Cc3ccccc3C2)s1. The Balaban J connectivity index is 1.78. The van der Waals surface area contributed by atoms with Crippen LogP contribution in [-0.4, -0.2) is 10.7 Å². The molecule has 2 aromatic rings. The van der Waals surface area contributed by atoms with Crippen LogP contribution in [0.4, 0.5) is 0 Å². The molecule has 0 atom stereocenters. The van der Waals surface area contributed by atoms with Gasteiger partial charge in [0.2, 0.25) is 0 Å². The summed E-state index contributed by atoms with van der Waals surface area (Å²) >= 11 is 1.84. The molecule has 0 bridgehead atoms. The molecule has 0 aliphatic heterocycles. The largest absolute Gasteiger partial charge is 0.389 e. The lowest BCUT2D eigenvalue weighted by Crippen LogP contribution is -2.31. The fraction of sp³-hybridized carbons (Fsp3) is 0.375. The van der Waals surface area contributed by atoms with Crippen LogP contribution in [0.5, 0.6) is 0 Å². The van der Waals surface area contributed by atoms with Crippen LogP contribution in [0.1, 0.15) is 27.8 Å². The van der Waals surface area contributed by atoms with Crippen molar-refractivity contribution in [1.82, 2.24) is 0 Å². The predicted octanol–water partition coefficient (Wildman–Crippen LogP) is 3.38. The first kappa shape index (κ1) is 11.9. The Morgan fingerprint density at radius 2 is 1.67 bits per heavy atom. The molecule has 2 heteroatoms. The summed E-state index contributed by atoms with van der Waals surface area (Å²) in [6.45, 7) is 2.18. The van der Waals surface area contributed by atoms with E-state index >= 15 is 0 Å². The second kappa shape index (κ2) is 4.52. The molecule has 1 aliphatic rings.